The van der Waals surface area contributed by atoms with Gasteiger partial charge in [-0.05, 0) is 55.8 Å². The highest BCUT2D eigenvalue weighted by molar-refractivity contribution is 5.84. The van der Waals surface area contributed by atoms with Crippen LogP contribution in [-0.2, 0) is 9.59 Å². The molecular weight excluding hydrogens is 254 g/mol. The molecule has 0 heterocycles. The Kier molecular flexibility index (Phi) is 2.67. The minimum atomic E-state index is -0.730. The van der Waals surface area contributed by atoms with Gasteiger partial charge in [-0.3, -0.25) is 9.59 Å². The lowest BCUT2D eigenvalue weighted by Gasteiger charge is -2.24. The molecule has 4 atom stereocenters. The van der Waals surface area contributed by atoms with Gasteiger partial charge in [-0.2, -0.15) is 0 Å². The molecule has 0 aromatic carbocycles. The summed E-state index contributed by atoms with van der Waals surface area (Å²) in [5, 5.41) is 12.4. The average molecular weight is 277 g/mol. The number of nitrogens with one attached hydrogen (secondary N) is 1. The van der Waals surface area contributed by atoms with E-state index in [0.717, 1.165) is 24.7 Å². The van der Waals surface area contributed by atoms with Gasteiger partial charge in [-0.25, -0.2) is 0 Å². The molecule has 0 radical (unpaired) electrons. The molecule has 110 valence electrons. The topological polar surface area (TPSA) is 66.4 Å². The Bertz CT molecular complexity index is 439. The zero-order valence-corrected chi connectivity index (χ0v) is 11.8. The number of rotatable bonds is 4. The number of carboxylic acids is 1. The Morgan fingerprint density at radius 3 is 2.25 bits per heavy atom. The van der Waals surface area contributed by atoms with Crippen molar-refractivity contribution in [3.05, 3.63) is 0 Å². The van der Waals surface area contributed by atoms with E-state index in [1.807, 2.05) is 0 Å². The maximum absolute atomic E-state index is 12.4. The molecule has 2 N–H and O–H groups in total. The lowest BCUT2D eigenvalue weighted by Crippen LogP contribution is -2.42. The molecule has 0 aromatic rings. The van der Waals surface area contributed by atoms with Gasteiger partial charge in [0, 0.05) is 12.5 Å². The number of hydrogen-bond donors (Lipinski definition) is 2. The van der Waals surface area contributed by atoms with E-state index < -0.39 is 11.4 Å². The van der Waals surface area contributed by atoms with E-state index in [1.165, 1.54) is 19.3 Å². The highest BCUT2D eigenvalue weighted by Gasteiger charge is 2.67. The molecule has 4 nitrogen and oxygen atoms in total. The van der Waals surface area contributed by atoms with Gasteiger partial charge in [0.25, 0.3) is 0 Å². The first kappa shape index (κ1) is 12.7. The summed E-state index contributed by atoms with van der Waals surface area (Å²) in [5.41, 5.74) is -0.682. The van der Waals surface area contributed by atoms with Crippen LogP contribution in [-0.4, -0.2) is 23.5 Å². The van der Waals surface area contributed by atoms with Crippen molar-refractivity contribution in [3.8, 4) is 0 Å². The minimum Gasteiger partial charge on any atom is -0.481 e. The van der Waals surface area contributed by atoms with Crippen molar-refractivity contribution in [2.75, 3.05) is 6.54 Å². The fourth-order valence-electron chi connectivity index (χ4n) is 5.57. The summed E-state index contributed by atoms with van der Waals surface area (Å²) in [4.78, 5) is 23.8. The van der Waals surface area contributed by atoms with Crippen LogP contribution in [0.2, 0.25) is 0 Å². The number of carbonyl (C=O) groups excluding carboxylic acids is 1. The second-order valence-corrected chi connectivity index (χ2v) is 7.52. The van der Waals surface area contributed by atoms with Crippen molar-refractivity contribution < 1.29 is 14.7 Å². The maximum atomic E-state index is 12.4. The first-order chi connectivity index (χ1) is 9.62. The first-order valence-electron chi connectivity index (χ1n) is 8.13. The van der Waals surface area contributed by atoms with Gasteiger partial charge in [0.15, 0.2) is 0 Å². The maximum Gasteiger partial charge on any atom is 0.311 e. The normalized spacial score (nSPS) is 43.3. The summed E-state index contributed by atoms with van der Waals surface area (Å²) >= 11 is 0. The van der Waals surface area contributed by atoms with Crippen molar-refractivity contribution in [1.29, 1.82) is 0 Å². The molecule has 0 spiro atoms. The number of carboxylic acid groups (broad SMARTS) is 1. The molecule has 0 aromatic heterocycles. The number of amides is 1. The molecule has 4 aliphatic rings. The van der Waals surface area contributed by atoms with Crippen LogP contribution in [0.4, 0.5) is 0 Å². The molecule has 1 amide bonds. The van der Waals surface area contributed by atoms with E-state index in [0.29, 0.717) is 31.2 Å². The van der Waals surface area contributed by atoms with Gasteiger partial charge in [-0.15, -0.1) is 0 Å². The molecule has 4 heteroatoms. The van der Waals surface area contributed by atoms with Gasteiger partial charge in [0.05, 0.1) is 5.41 Å². The summed E-state index contributed by atoms with van der Waals surface area (Å²) in [5.74, 6) is 2.49. The summed E-state index contributed by atoms with van der Waals surface area (Å²) in [6.45, 7) is 0.340. The molecule has 20 heavy (non-hydrogen) atoms. The van der Waals surface area contributed by atoms with Gasteiger partial charge in [0.2, 0.25) is 5.91 Å². The van der Waals surface area contributed by atoms with Crippen molar-refractivity contribution >= 4 is 11.9 Å². The molecular formula is C16H23NO3. The fourth-order valence-corrected chi connectivity index (χ4v) is 5.57. The highest BCUT2D eigenvalue weighted by atomic mass is 16.4. The van der Waals surface area contributed by atoms with E-state index in [2.05, 4.69) is 5.32 Å². The van der Waals surface area contributed by atoms with Crippen molar-refractivity contribution in [3.63, 3.8) is 0 Å². The third-order valence-corrected chi connectivity index (χ3v) is 6.65. The van der Waals surface area contributed by atoms with Crippen LogP contribution >= 0.6 is 0 Å². The van der Waals surface area contributed by atoms with Gasteiger partial charge in [0.1, 0.15) is 0 Å². The molecule has 2 bridgehead atoms. The Labute approximate surface area is 119 Å². The monoisotopic (exact) mass is 277 g/mol. The van der Waals surface area contributed by atoms with Gasteiger partial charge >= 0.3 is 5.97 Å². The summed E-state index contributed by atoms with van der Waals surface area (Å²) in [6.07, 6.45) is 7.35. The van der Waals surface area contributed by atoms with E-state index in [1.54, 1.807) is 0 Å². The van der Waals surface area contributed by atoms with Crippen LogP contribution in [0.5, 0.6) is 0 Å². The fraction of sp³-hybridized carbons (Fsp3) is 0.875. The lowest BCUT2D eigenvalue weighted by molar-refractivity contribution is -0.148. The zero-order chi connectivity index (χ0) is 13.9. The Hall–Kier alpha value is -1.06. The zero-order valence-electron chi connectivity index (χ0n) is 11.8. The van der Waals surface area contributed by atoms with E-state index in [9.17, 15) is 14.7 Å². The predicted molar refractivity (Wildman–Crippen MR) is 72.8 cm³/mol. The third-order valence-electron chi connectivity index (χ3n) is 6.65. The Morgan fingerprint density at radius 2 is 1.70 bits per heavy atom. The van der Waals surface area contributed by atoms with E-state index >= 15 is 0 Å². The van der Waals surface area contributed by atoms with Crippen LogP contribution in [0.1, 0.15) is 44.9 Å². The standard InChI is InChI=1S/C16H23NO3/c18-14(13-11-9-3-4-10(7-9)12(11)13)17-8-16(15(19)20)5-1-2-6-16/h9-13H,1-8H2,(H,17,18)(H,19,20). The van der Waals surface area contributed by atoms with Crippen molar-refractivity contribution in [2.24, 2.45) is 35.0 Å². The predicted octanol–water partition coefficient (Wildman–Crippen LogP) is 2.04. The molecule has 4 aliphatic carbocycles. The summed E-state index contributed by atoms with van der Waals surface area (Å²) < 4.78 is 0. The lowest BCUT2D eigenvalue weighted by atomic mass is 9.86. The van der Waals surface area contributed by atoms with Crippen LogP contribution in [0.15, 0.2) is 0 Å². The first-order valence-corrected chi connectivity index (χ1v) is 8.13. The second-order valence-electron chi connectivity index (χ2n) is 7.52. The smallest absolute Gasteiger partial charge is 0.311 e. The van der Waals surface area contributed by atoms with Crippen LogP contribution < -0.4 is 5.32 Å². The van der Waals surface area contributed by atoms with Crippen LogP contribution in [0.25, 0.3) is 0 Å². The van der Waals surface area contributed by atoms with E-state index in [-0.39, 0.29) is 11.8 Å². The quantitative estimate of drug-likeness (QED) is 0.826. The van der Waals surface area contributed by atoms with Gasteiger partial charge < -0.3 is 10.4 Å². The SMILES string of the molecule is O=C(NCC1(C(=O)O)CCCC1)C1C2C3CCC(C3)C12. The molecule has 4 saturated carbocycles. The molecule has 0 saturated heterocycles. The molecule has 4 unspecified atom stereocenters. The van der Waals surface area contributed by atoms with Gasteiger partial charge in [-0.1, -0.05) is 12.8 Å². The Balaban J connectivity index is 1.36. The summed E-state index contributed by atoms with van der Waals surface area (Å²) in [6, 6.07) is 0. The number of hydrogen-bond acceptors (Lipinski definition) is 2. The highest BCUT2D eigenvalue weighted by Crippen LogP contribution is 2.69. The minimum absolute atomic E-state index is 0.143. The van der Waals surface area contributed by atoms with Crippen molar-refractivity contribution in [1.82, 2.24) is 5.32 Å². The second kappa shape index (κ2) is 4.22. The number of aliphatic carboxylic acids is 1. The van der Waals surface area contributed by atoms with Crippen LogP contribution in [0.3, 0.4) is 0 Å². The van der Waals surface area contributed by atoms with E-state index in [4.69, 9.17) is 0 Å². The number of fused-ring (bicyclic) bond motifs is 5. The largest absolute Gasteiger partial charge is 0.481 e. The summed E-state index contributed by atoms with van der Waals surface area (Å²) in [7, 11) is 0. The average Bonchev–Trinajstić information content (AvgIpc) is 2.85. The Morgan fingerprint density at radius 1 is 1.10 bits per heavy atom. The molecule has 0 aliphatic heterocycles. The third kappa shape index (κ3) is 1.66. The molecule has 4 fully saturated rings. The van der Waals surface area contributed by atoms with Crippen molar-refractivity contribution in [2.45, 2.75) is 44.9 Å². The van der Waals surface area contributed by atoms with Crippen LogP contribution in [0, 0.1) is 35.0 Å². The molecule has 4 rings (SSSR count). The number of carbonyl (C=O) groups is 2.